The van der Waals surface area contributed by atoms with Crippen LogP contribution in [0.25, 0.3) is 0 Å². The number of carbonyl (C=O) groups excluding carboxylic acids is 3. The van der Waals surface area contributed by atoms with E-state index in [1.165, 1.54) is 18.2 Å². The Balaban J connectivity index is 0.00000841. The van der Waals surface area contributed by atoms with E-state index in [9.17, 15) is 24.6 Å². The number of carboxylic acids is 2. The summed E-state index contributed by atoms with van der Waals surface area (Å²) >= 11 is 0. The van der Waals surface area contributed by atoms with Crippen molar-refractivity contribution in [1.82, 2.24) is 5.32 Å². The first-order chi connectivity index (χ1) is 13.2. The van der Waals surface area contributed by atoms with E-state index in [4.69, 9.17) is 9.47 Å². The van der Waals surface area contributed by atoms with Gasteiger partial charge in [0.05, 0.1) is 18.5 Å². The van der Waals surface area contributed by atoms with E-state index in [-0.39, 0.29) is 41.8 Å². The lowest BCUT2D eigenvalue weighted by Crippen LogP contribution is -2.67. The summed E-state index contributed by atoms with van der Waals surface area (Å²) in [6.07, 6.45) is 0. The molecule has 0 bridgehead atoms. The number of hydrogen-bond acceptors (Lipinski definition) is 8. The fourth-order valence-corrected chi connectivity index (χ4v) is 3.53. The Hall–Kier alpha value is -2.32. The molecule has 0 atom stereocenters. The van der Waals surface area contributed by atoms with Gasteiger partial charge in [0, 0.05) is 16.4 Å². The van der Waals surface area contributed by atoms with E-state index in [0.717, 1.165) is 0 Å². The first-order valence-electron chi connectivity index (χ1n) is 9.22. The van der Waals surface area contributed by atoms with E-state index < -0.39 is 35.0 Å². The Bertz CT molecular complexity index is 765. The highest BCUT2D eigenvalue weighted by atomic mass is 35.5. The van der Waals surface area contributed by atoms with E-state index in [1.54, 1.807) is 48.6 Å². The predicted molar refractivity (Wildman–Crippen MR) is 110 cm³/mol. The lowest BCUT2D eigenvalue weighted by atomic mass is 9.62. The van der Waals surface area contributed by atoms with Crippen molar-refractivity contribution in [3.05, 3.63) is 23.8 Å². The van der Waals surface area contributed by atoms with Gasteiger partial charge in [0.15, 0.2) is 22.9 Å². The number of nitrogens with one attached hydrogen (secondary N) is 1. The molecule has 30 heavy (non-hydrogen) atoms. The van der Waals surface area contributed by atoms with Gasteiger partial charge in [0.2, 0.25) is 0 Å². The summed E-state index contributed by atoms with van der Waals surface area (Å²) in [5.41, 5.74) is -3.35. The zero-order valence-electron chi connectivity index (χ0n) is 18.4. The molecule has 0 aliphatic rings. The van der Waals surface area contributed by atoms with Gasteiger partial charge in [-0.15, -0.1) is 12.4 Å². The summed E-state index contributed by atoms with van der Waals surface area (Å²) in [6, 6.07) is 4.18. The summed E-state index contributed by atoms with van der Waals surface area (Å²) < 4.78 is 11.3. The molecule has 1 aromatic rings. The molecule has 0 saturated heterocycles. The van der Waals surface area contributed by atoms with E-state index in [0.29, 0.717) is 0 Å². The molecule has 0 spiro atoms. The molecular formula is C21H30ClNO7-2. The zero-order valence-corrected chi connectivity index (χ0v) is 19.2. The monoisotopic (exact) mass is 443 g/mol. The number of carboxylic acid groups (broad SMARTS) is 2. The van der Waals surface area contributed by atoms with Gasteiger partial charge in [-0.2, -0.15) is 0 Å². The van der Waals surface area contributed by atoms with Crippen LogP contribution in [0.1, 0.15) is 51.9 Å². The summed E-state index contributed by atoms with van der Waals surface area (Å²) in [5.74, 6) is -3.23. The molecule has 0 fully saturated rings. The third-order valence-electron chi connectivity index (χ3n) is 4.61. The van der Waals surface area contributed by atoms with Crippen LogP contribution in [-0.2, 0) is 9.59 Å². The van der Waals surface area contributed by atoms with Gasteiger partial charge < -0.3 is 34.6 Å². The van der Waals surface area contributed by atoms with E-state index >= 15 is 0 Å². The summed E-state index contributed by atoms with van der Waals surface area (Å²) in [4.78, 5) is 35.3. The van der Waals surface area contributed by atoms with Gasteiger partial charge in [0.1, 0.15) is 6.61 Å². The Labute approximate surface area is 183 Å². The SMILES string of the molecule is CNCC(=O)c1ccc(OC(C(=O)[O-])(C(C)(C)C)C(C)(C)C)c(OCC(=O)[O-])c1.Cl. The van der Waals surface area contributed by atoms with Crippen molar-refractivity contribution in [3.8, 4) is 11.5 Å². The number of benzene rings is 1. The van der Waals surface area contributed by atoms with Crippen LogP contribution in [0.5, 0.6) is 11.5 Å². The normalized spacial score (nSPS) is 12.0. The largest absolute Gasteiger partial charge is 0.546 e. The molecule has 0 saturated carbocycles. The van der Waals surface area contributed by atoms with Gasteiger partial charge in [0.25, 0.3) is 0 Å². The highest BCUT2D eigenvalue weighted by molar-refractivity contribution is 5.98. The van der Waals surface area contributed by atoms with Crippen LogP contribution in [0.3, 0.4) is 0 Å². The number of halogens is 1. The molecule has 0 aliphatic heterocycles. The van der Waals surface area contributed by atoms with Crippen molar-refractivity contribution in [1.29, 1.82) is 0 Å². The number of carbonyl (C=O) groups is 3. The van der Waals surface area contributed by atoms with Crippen molar-refractivity contribution in [3.63, 3.8) is 0 Å². The smallest absolute Gasteiger partial charge is 0.176 e. The second-order valence-corrected chi connectivity index (χ2v) is 8.85. The van der Waals surface area contributed by atoms with Gasteiger partial charge >= 0.3 is 0 Å². The third kappa shape index (κ3) is 5.86. The van der Waals surface area contributed by atoms with Crippen molar-refractivity contribution >= 4 is 30.1 Å². The average Bonchev–Trinajstić information content (AvgIpc) is 2.55. The van der Waals surface area contributed by atoms with Crippen LogP contribution in [0.15, 0.2) is 18.2 Å². The van der Waals surface area contributed by atoms with Crippen LogP contribution in [0.2, 0.25) is 0 Å². The Morgan fingerprint density at radius 3 is 1.90 bits per heavy atom. The highest BCUT2D eigenvalue weighted by Gasteiger charge is 2.55. The molecule has 0 heterocycles. The number of Topliss-reactive ketones (excluding diaryl/α,β-unsaturated/α-hetero) is 1. The number of likely N-dealkylation sites (N-methyl/N-ethyl adjacent to an activating group) is 1. The molecule has 1 aromatic carbocycles. The quantitative estimate of drug-likeness (QED) is 0.549. The second-order valence-electron chi connectivity index (χ2n) is 8.85. The molecule has 0 unspecified atom stereocenters. The molecule has 0 aromatic heterocycles. The van der Waals surface area contributed by atoms with Gasteiger partial charge in [-0.25, -0.2) is 0 Å². The number of aliphatic carboxylic acids is 2. The maximum Gasteiger partial charge on any atom is 0.176 e. The lowest BCUT2D eigenvalue weighted by Gasteiger charge is -2.53. The molecule has 8 nitrogen and oxygen atoms in total. The van der Waals surface area contributed by atoms with Crippen LogP contribution < -0.4 is 25.0 Å². The van der Waals surface area contributed by atoms with E-state index in [1.807, 2.05) is 0 Å². The van der Waals surface area contributed by atoms with Crippen LogP contribution >= 0.6 is 12.4 Å². The topological polar surface area (TPSA) is 128 Å². The van der Waals surface area contributed by atoms with Crippen LogP contribution in [-0.4, -0.2) is 43.5 Å². The maximum absolute atomic E-state index is 12.3. The van der Waals surface area contributed by atoms with Crippen LogP contribution in [0, 0.1) is 10.8 Å². The number of rotatable bonds is 9. The summed E-state index contributed by atoms with van der Waals surface area (Å²) in [7, 11) is 1.61. The zero-order chi connectivity index (χ0) is 22.6. The molecular weight excluding hydrogens is 414 g/mol. The average molecular weight is 444 g/mol. The van der Waals surface area contributed by atoms with Crippen LogP contribution in [0.4, 0.5) is 0 Å². The van der Waals surface area contributed by atoms with E-state index in [2.05, 4.69) is 5.32 Å². The fourth-order valence-electron chi connectivity index (χ4n) is 3.53. The van der Waals surface area contributed by atoms with Crippen molar-refractivity contribution in [2.45, 2.75) is 47.1 Å². The molecule has 170 valence electrons. The number of ketones is 1. The third-order valence-corrected chi connectivity index (χ3v) is 4.61. The minimum atomic E-state index is -1.80. The molecule has 0 radical (unpaired) electrons. The van der Waals surface area contributed by atoms with Crippen molar-refractivity contribution in [2.75, 3.05) is 20.2 Å². The number of hydrogen-bond donors (Lipinski definition) is 1. The minimum absolute atomic E-state index is 0. The Kier molecular flexibility index (Phi) is 9.34. The molecule has 9 heteroatoms. The first kappa shape index (κ1) is 27.7. The lowest BCUT2D eigenvalue weighted by molar-refractivity contribution is -0.337. The maximum atomic E-state index is 12.3. The highest BCUT2D eigenvalue weighted by Crippen LogP contribution is 2.48. The Morgan fingerprint density at radius 1 is 0.967 bits per heavy atom. The molecule has 0 aliphatic carbocycles. The first-order valence-corrected chi connectivity index (χ1v) is 9.22. The van der Waals surface area contributed by atoms with Crippen molar-refractivity contribution in [2.24, 2.45) is 10.8 Å². The summed E-state index contributed by atoms with van der Waals surface area (Å²) in [6.45, 7) is 9.53. The van der Waals surface area contributed by atoms with Crippen molar-refractivity contribution < 1.29 is 34.1 Å². The minimum Gasteiger partial charge on any atom is -0.546 e. The molecule has 1 N–H and O–H groups in total. The fraction of sp³-hybridized carbons (Fsp3) is 0.571. The van der Waals surface area contributed by atoms with Gasteiger partial charge in [-0.1, -0.05) is 41.5 Å². The molecule has 1 rings (SSSR count). The van der Waals surface area contributed by atoms with Gasteiger partial charge in [-0.05, 0) is 25.2 Å². The summed E-state index contributed by atoms with van der Waals surface area (Å²) in [5, 5.41) is 25.9. The predicted octanol–water partition coefficient (Wildman–Crippen LogP) is 0.599. The Morgan fingerprint density at radius 2 is 1.50 bits per heavy atom. The molecule has 0 amide bonds. The number of ether oxygens (including phenoxy) is 2. The second kappa shape index (κ2) is 10.1. The standard InChI is InChI=1S/C21H31NO7.ClH/c1-19(2,3)21(18(26)27,20(4,5)6)29-15-9-8-13(14(23)11-22-7)10-16(15)28-12-17(24)25;/h8-10,22H,11-12H2,1-7H3,(H,24,25)(H,26,27);1H/p-2. The van der Waals surface area contributed by atoms with Gasteiger partial charge in [-0.3, -0.25) is 4.79 Å².